The van der Waals surface area contributed by atoms with Gasteiger partial charge in [0.1, 0.15) is 0 Å². The lowest BCUT2D eigenvalue weighted by Crippen LogP contribution is -2.35. The molecule has 0 aliphatic carbocycles. The van der Waals surface area contributed by atoms with E-state index in [1.165, 1.54) is 0 Å². The molecule has 0 N–H and O–H groups in total. The second-order valence-corrected chi connectivity index (χ2v) is 5.29. The normalized spacial score (nSPS) is 11.8. The number of benzene rings is 2. The summed E-state index contributed by atoms with van der Waals surface area (Å²) in [7, 11) is 2.22. The zero-order valence-corrected chi connectivity index (χ0v) is 13.8. The van der Waals surface area contributed by atoms with Crippen LogP contribution in [0.3, 0.4) is 0 Å². The molecule has 0 bridgehead atoms. The summed E-state index contributed by atoms with van der Waals surface area (Å²) in [5.74, 6) is -10.6. The van der Waals surface area contributed by atoms with Crippen LogP contribution in [-0.4, -0.2) is 26.2 Å². The summed E-state index contributed by atoms with van der Waals surface area (Å²) in [6.07, 6.45) is 0. The highest BCUT2D eigenvalue weighted by molar-refractivity contribution is 5.89. The van der Waals surface area contributed by atoms with E-state index in [1.54, 1.807) is 0 Å². The van der Waals surface area contributed by atoms with Gasteiger partial charge < -0.3 is 9.47 Å². The van der Waals surface area contributed by atoms with Crippen molar-refractivity contribution >= 4 is 11.9 Å². The summed E-state index contributed by atoms with van der Waals surface area (Å²) in [6, 6.07) is 6.87. The molecule has 8 heteroatoms. The van der Waals surface area contributed by atoms with Gasteiger partial charge in [-0.1, -0.05) is 24.3 Å². The lowest BCUT2D eigenvalue weighted by Gasteiger charge is -2.27. The van der Waals surface area contributed by atoms with Gasteiger partial charge in [0.05, 0.1) is 25.3 Å². The van der Waals surface area contributed by atoms with Crippen molar-refractivity contribution in [1.29, 1.82) is 0 Å². The number of hydrogen-bond acceptors (Lipinski definition) is 4. The minimum absolute atomic E-state index is 0.0437. The monoisotopic (exact) mass is 370 g/mol. The van der Waals surface area contributed by atoms with E-state index in [-0.39, 0.29) is 11.1 Å². The standard InChI is InChI=1S/C18H14F4O4/c1-25-15(23)11-3-7-13(8-4-11)17(19,20)18(21,22)14-9-5-12(6-10-14)16(24)26-2/h3-10H,1-2H3. The Morgan fingerprint density at radius 3 is 1.15 bits per heavy atom. The van der Waals surface area contributed by atoms with E-state index < -0.39 is 34.9 Å². The summed E-state index contributed by atoms with van der Waals surface area (Å²) in [6.45, 7) is 0. The highest BCUT2D eigenvalue weighted by Gasteiger charge is 2.58. The van der Waals surface area contributed by atoms with Crippen molar-refractivity contribution in [3.63, 3.8) is 0 Å². The van der Waals surface area contributed by atoms with Crippen LogP contribution < -0.4 is 0 Å². The summed E-state index contributed by atoms with van der Waals surface area (Å²) in [5.41, 5.74) is -2.02. The predicted molar refractivity (Wildman–Crippen MR) is 83.4 cm³/mol. The van der Waals surface area contributed by atoms with Crippen molar-refractivity contribution in [3.8, 4) is 0 Å². The predicted octanol–water partition coefficient (Wildman–Crippen LogP) is 4.14. The van der Waals surface area contributed by atoms with Crippen LogP contribution in [0.1, 0.15) is 31.8 Å². The molecule has 2 aromatic carbocycles. The molecule has 2 rings (SSSR count). The third-order valence-electron chi connectivity index (χ3n) is 3.73. The number of halogens is 4. The maximum atomic E-state index is 14.4. The number of carbonyl (C=O) groups excluding carboxylic acids is 2. The average Bonchev–Trinajstić information content (AvgIpc) is 2.66. The van der Waals surface area contributed by atoms with E-state index in [2.05, 4.69) is 9.47 Å². The number of hydrogen-bond donors (Lipinski definition) is 0. The SMILES string of the molecule is COC(=O)c1ccc(C(F)(F)C(F)(F)c2ccc(C(=O)OC)cc2)cc1. The van der Waals surface area contributed by atoms with Crippen LogP contribution in [0.4, 0.5) is 17.6 Å². The molecule has 26 heavy (non-hydrogen) atoms. The molecule has 0 saturated heterocycles. The zero-order chi connectivity index (χ0) is 19.5. The van der Waals surface area contributed by atoms with Crippen LogP contribution >= 0.6 is 0 Å². The quantitative estimate of drug-likeness (QED) is 0.586. The molecule has 2 aromatic rings. The van der Waals surface area contributed by atoms with E-state index in [1.807, 2.05) is 0 Å². The van der Waals surface area contributed by atoms with Crippen LogP contribution in [0.25, 0.3) is 0 Å². The first kappa shape index (κ1) is 19.4. The highest BCUT2D eigenvalue weighted by Crippen LogP contribution is 2.49. The molecule has 0 spiro atoms. The lowest BCUT2D eigenvalue weighted by molar-refractivity contribution is -0.223. The van der Waals surface area contributed by atoms with Crippen molar-refractivity contribution in [2.45, 2.75) is 11.8 Å². The van der Waals surface area contributed by atoms with Crippen molar-refractivity contribution in [2.75, 3.05) is 14.2 Å². The number of carbonyl (C=O) groups is 2. The van der Waals surface area contributed by atoms with Crippen molar-refractivity contribution < 1.29 is 36.6 Å². The van der Waals surface area contributed by atoms with Crippen LogP contribution in [-0.2, 0) is 21.3 Å². The van der Waals surface area contributed by atoms with Crippen molar-refractivity contribution in [2.24, 2.45) is 0 Å². The average molecular weight is 370 g/mol. The molecule has 0 aromatic heterocycles. The number of ether oxygens (including phenoxy) is 2. The Labute approximate surface area is 146 Å². The summed E-state index contributed by atoms with van der Waals surface area (Å²) >= 11 is 0. The topological polar surface area (TPSA) is 52.6 Å². The first-order valence-electron chi connectivity index (χ1n) is 7.28. The number of alkyl halides is 4. The molecule has 0 atom stereocenters. The van der Waals surface area contributed by atoms with Gasteiger partial charge in [0, 0.05) is 11.1 Å². The van der Waals surface area contributed by atoms with Gasteiger partial charge in [0.2, 0.25) is 0 Å². The molecule has 0 fully saturated rings. The van der Waals surface area contributed by atoms with Gasteiger partial charge in [-0.3, -0.25) is 0 Å². The molecular weight excluding hydrogens is 356 g/mol. The van der Waals surface area contributed by atoms with Crippen LogP contribution in [0.2, 0.25) is 0 Å². The minimum atomic E-state index is -4.55. The molecule has 4 nitrogen and oxygen atoms in total. The largest absolute Gasteiger partial charge is 0.465 e. The fourth-order valence-electron chi connectivity index (χ4n) is 2.23. The molecule has 0 amide bonds. The molecule has 0 unspecified atom stereocenters. The fourth-order valence-corrected chi connectivity index (χ4v) is 2.23. The van der Waals surface area contributed by atoms with E-state index in [0.29, 0.717) is 0 Å². The first-order valence-corrected chi connectivity index (χ1v) is 7.28. The first-order chi connectivity index (χ1) is 12.1. The Kier molecular flexibility index (Phi) is 5.34. The van der Waals surface area contributed by atoms with Gasteiger partial charge in [-0.25, -0.2) is 9.59 Å². The number of esters is 2. The van der Waals surface area contributed by atoms with E-state index in [0.717, 1.165) is 62.8 Å². The molecule has 0 heterocycles. The van der Waals surface area contributed by atoms with Gasteiger partial charge >= 0.3 is 23.8 Å². The maximum Gasteiger partial charge on any atom is 0.339 e. The van der Waals surface area contributed by atoms with Gasteiger partial charge in [0.15, 0.2) is 0 Å². The van der Waals surface area contributed by atoms with Crippen molar-refractivity contribution in [3.05, 3.63) is 70.8 Å². The van der Waals surface area contributed by atoms with Gasteiger partial charge in [-0.05, 0) is 24.3 Å². The van der Waals surface area contributed by atoms with E-state index >= 15 is 0 Å². The second-order valence-electron chi connectivity index (χ2n) is 5.29. The Morgan fingerprint density at radius 1 is 0.654 bits per heavy atom. The summed E-state index contributed by atoms with van der Waals surface area (Å²) in [5, 5.41) is 0. The van der Waals surface area contributed by atoms with Crippen molar-refractivity contribution in [1.82, 2.24) is 0 Å². The Bertz CT molecular complexity index is 729. The van der Waals surface area contributed by atoms with Gasteiger partial charge in [-0.15, -0.1) is 0 Å². The van der Waals surface area contributed by atoms with Gasteiger partial charge in [0.25, 0.3) is 0 Å². The summed E-state index contributed by atoms with van der Waals surface area (Å²) < 4.78 is 66.5. The zero-order valence-electron chi connectivity index (χ0n) is 13.8. The number of methoxy groups -OCH3 is 2. The Balaban J connectivity index is 2.36. The molecular formula is C18H14F4O4. The van der Waals surface area contributed by atoms with Crippen LogP contribution in [0, 0.1) is 0 Å². The fraction of sp³-hybridized carbons (Fsp3) is 0.222. The lowest BCUT2D eigenvalue weighted by atomic mass is 9.95. The highest BCUT2D eigenvalue weighted by atomic mass is 19.3. The third-order valence-corrected chi connectivity index (χ3v) is 3.73. The summed E-state index contributed by atoms with van der Waals surface area (Å²) in [4.78, 5) is 22.6. The smallest absolute Gasteiger partial charge is 0.339 e. The minimum Gasteiger partial charge on any atom is -0.465 e. The molecule has 0 aliphatic rings. The van der Waals surface area contributed by atoms with Gasteiger partial charge in [-0.2, -0.15) is 17.6 Å². The molecule has 0 aliphatic heterocycles. The van der Waals surface area contributed by atoms with E-state index in [4.69, 9.17) is 0 Å². The Hall–Kier alpha value is -2.90. The second kappa shape index (κ2) is 7.15. The third kappa shape index (κ3) is 3.40. The molecule has 0 radical (unpaired) electrons. The number of rotatable bonds is 5. The van der Waals surface area contributed by atoms with Crippen LogP contribution in [0.5, 0.6) is 0 Å². The van der Waals surface area contributed by atoms with Crippen LogP contribution in [0.15, 0.2) is 48.5 Å². The maximum absolute atomic E-state index is 14.4. The van der Waals surface area contributed by atoms with E-state index in [9.17, 15) is 27.2 Å². The molecule has 0 saturated carbocycles. The Morgan fingerprint density at radius 2 is 0.923 bits per heavy atom. The molecule has 138 valence electrons.